The second kappa shape index (κ2) is 9.29. The minimum atomic E-state index is -0.411. The monoisotopic (exact) mass is 476 g/mol. The molecule has 2 N–H and O–H groups in total. The Bertz CT molecular complexity index is 1120. The van der Waals surface area contributed by atoms with Crippen LogP contribution in [0.4, 0.5) is 11.1 Å². The average Bonchev–Trinajstić information content (AvgIpc) is 3.48. The number of rotatable bonds is 6. The normalized spacial score (nSPS) is 13.5. The van der Waals surface area contributed by atoms with Crippen LogP contribution in [0.2, 0.25) is 5.02 Å². The van der Waals surface area contributed by atoms with E-state index in [1.54, 1.807) is 11.3 Å². The van der Waals surface area contributed by atoms with Crippen molar-refractivity contribution in [2.75, 3.05) is 23.3 Å². The number of aromatic nitrogens is 3. The van der Waals surface area contributed by atoms with Crippen LogP contribution < -0.4 is 15.5 Å². The largest absolute Gasteiger partial charge is 0.351 e. The maximum atomic E-state index is 12.8. The third-order valence-corrected chi connectivity index (χ3v) is 7.01. The number of aryl methyl sites for hydroxylation is 1. The Balaban J connectivity index is 1.50. The Morgan fingerprint density at radius 3 is 2.71 bits per heavy atom. The van der Waals surface area contributed by atoms with Gasteiger partial charge in [0.15, 0.2) is 10.8 Å². The van der Waals surface area contributed by atoms with Gasteiger partial charge in [0.05, 0.1) is 28.3 Å². The molecule has 162 valence electrons. The topological polar surface area (TPSA) is 100 Å². The molecule has 0 atom stereocenters. The van der Waals surface area contributed by atoms with Gasteiger partial charge in [0.2, 0.25) is 11.9 Å². The molecule has 2 amide bonds. The lowest BCUT2D eigenvalue weighted by atomic mass is 10.3. The first-order valence-corrected chi connectivity index (χ1v) is 11.8. The maximum absolute atomic E-state index is 12.8. The minimum absolute atomic E-state index is 0.0685. The molecular formula is C20H21ClN6O2S2. The molecule has 8 nitrogen and oxygen atoms in total. The average molecular weight is 477 g/mol. The Labute approximate surface area is 192 Å². The van der Waals surface area contributed by atoms with E-state index in [1.165, 1.54) is 24.5 Å². The van der Waals surface area contributed by atoms with Gasteiger partial charge in [-0.2, -0.15) is 0 Å². The van der Waals surface area contributed by atoms with Crippen molar-refractivity contribution in [3.8, 4) is 10.6 Å². The van der Waals surface area contributed by atoms with Crippen molar-refractivity contribution in [2.24, 2.45) is 0 Å². The molecule has 3 aromatic heterocycles. The van der Waals surface area contributed by atoms with E-state index in [2.05, 4.69) is 25.6 Å². The highest BCUT2D eigenvalue weighted by atomic mass is 35.5. The molecule has 1 saturated heterocycles. The first kappa shape index (κ1) is 21.7. The SMILES string of the molecule is CC(=O)NCc1ccc(-c2nc(NC(=O)c3nc(N4CCCC4)ncc3Cl)sc2C)s1. The molecule has 0 aromatic carbocycles. The van der Waals surface area contributed by atoms with Crippen LogP contribution in [0.25, 0.3) is 10.6 Å². The molecule has 0 bridgehead atoms. The van der Waals surface area contributed by atoms with Crippen LogP contribution in [0.5, 0.6) is 0 Å². The Hall–Kier alpha value is -2.56. The number of thiophene rings is 1. The molecule has 11 heteroatoms. The zero-order chi connectivity index (χ0) is 22.0. The molecule has 0 radical (unpaired) electrons. The van der Waals surface area contributed by atoms with E-state index in [0.29, 0.717) is 17.6 Å². The van der Waals surface area contributed by atoms with Crippen molar-refractivity contribution in [3.05, 3.63) is 38.8 Å². The number of nitrogens with zero attached hydrogens (tertiary/aromatic N) is 4. The molecule has 4 heterocycles. The van der Waals surface area contributed by atoms with Crippen molar-refractivity contribution < 1.29 is 9.59 Å². The predicted octanol–water partition coefficient (Wildman–Crippen LogP) is 4.11. The maximum Gasteiger partial charge on any atom is 0.277 e. The quantitative estimate of drug-likeness (QED) is 0.555. The van der Waals surface area contributed by atoms with Gasteiger partial charge in [0, 0.05) is 29.8 Å². The molecule has 0 saturated carbocycles. The third-order valence-electron chi connectivity index (χ3n) is 4.76. The highest BCUT2D eigenvalue weighted by molar-refractivity contribution is 7.18. The van der Waals surface area contributed by atoms with Gasteiger partial charge in [-0.15, -0.1) is 22.7 Å². The van der Waals surface area contributed by atoms with E-state index in [4.69, 9.17) is 11.6 Å². The number of carbonyl (C=O) groups excluding carboxylic acids is 2. The summed E-state index contributed by atoms with van der Waals surface area (Å²) in [5.74, 6) is 0.0417. The first-order valence-electron chi connectivity index (χ1n) is 9.80. The lowest BCUT2D eigenvalue weighted by Gasteiger charge is -2.15. The summed E-state index contributed by atoms with van der Waals surface area (Å²) in [7, 11) is 0. The van der Waals surface area contributed by atoms with E-state index in [-0.39, 0.29) is 16.6 Å². The molecule has 1 aliphatic heterocycles. The fourth-order valence-corrected chi connectivity index (χ4v) is 5.29. The van der Waals surface area contributed by atoms with Gasteiger partial charge < -0.3 is 10.2 Å². The van der Waals surface area contributed by atoms with Gasteiger partial charge in [0.1, 0.15) is 0 Å². The zero-order valence-electron chi connectivity index (χ0n) is 17.1. The number of nitrogens with one attached hydrogen (secondary N) is 2. The molecule has 1 aliphatic rings. The van der Waals surface area contributed by atoms with E-state index >= 15 is 0 Å². The Morgan fingerprint density at radius 1 is 1.19 bits per heavy atom. The van der Waals surface area contributed by atoms with Crippen molar-refractivity contribution in [1.82, 2.24) is 20.3 Å². The van der Waals surface area contributed by atoms with Crippen molar-refractivity contribution in [1.29, 1.82) is 0 Å². The van der Waals surface area contributed by atoms with Crippen LogP contribution in [-0.2, 0) is 11.3 Å². The molecule has 1 fully saturated rings. The lowest BCUT2D eigenvalue weighted by molar-refractivity contribution is -0.119. The summed E-state index contributed by atoms with van der Waals surface area (Å²) in [5, 5.41) is 6.29. The molecule has 0 spiro atoms. The molecule has 3 aromatic rings. The fraction of sp³-hybridized carbons (Fsp3) is 0.350. The fourth-order valence-electron chi connectivity index (χ4n) is 3.23. The first-order chi connectivity index (χ1) is 14.9. The highest BCUT2D eigenvalue weighted by Gasteiger charge is 2.21. The Morgan fingerprint density at radius 2 is 1.97 bits per heavy atom. The zero-order valence-corrected chi connectivity index (χ0v) is 19.5. The van der Waals surface area contributed by atoms with Crippen molar-refractivity contribution >= 4 is 57.2 Å². The van der Waals surface area contributed by atoms with E-state index in [0.717, 1.165) is 46.3 Å². The predicted molar refractivity (Wildman–Crippen MR) is 124 cm³/mol. The molecular weight excluding hydrogens is 456 g/mol. The minimum Gasteiger partial charge on any atom is -0.351 e. The summed E-state index contributed by atoms with van der Waals surface area (Å²) in [6.45, 7) is 5.69. The summed E-state index contributed by atoms with van der Waals surface area (Å²) < 4.78 is 0. The summed E-state index contributed by atoms with van der Waals surface area (Å²) in [6.07, 6.45) is 3.64. The van der Waals surface area contributed by atoms with Gasteiger partial charge in [-0.3, -0.25) is 14.9 Å². The van der Waals surface area contributed by atoms with Gasteiger partial charge in [0.25, 0.3) is 5.91 Å². The van der Waals surface area contributed by atoms with E-state index in [1.807, 2.05) is 24.0 Å². The molecule has 0 unspecified atom stereocenters. The smallest absolute Gasteiger partial charge is 0.277 e. The lowest BCUT2D eigenvalue weighted by Crippen LogP contribution is -2.23. The number of anilines is 2. The number of halogens is 1. The third kappa shape index (κ3) is 5.03. The van der Waals surface area contributed by atoms with Gasteiger partial charge >= 0.3 is 0 Å². The number of carbonyl (C=O) groups is 2. The number of thiazole rings is 1. The summed E-state index contributed by atoms with van der Waals surface area (Å²) >= 11 is 9.15. The van der Waals surface area contributed by atoms with Crippen LogP contribution in [0, 0.1) is 6.92 Å². The van der Waals surface area contributed by atoms with Gasteiger partial charge in [-0.1, -0.05) is 11.6 Å². The van der Waals surface area contributed by atoms with E-state index in [9.17, 15) is 9.59 Å². The van der Waals surface area contributed by atoms with Gasteiger partial charge in [-0.05, 0) is 31.9 Å². The molecule has 4 rings (SSSR count). The molecule has 0 aliphatic carbocycles. The number of hydrogen-bond donors (Lipinski definition) is 2. The molecule has 31 heavy (non-hydrogen) atoms. The summed E-state index contributed by atoms with van der Waals surface area (Å²) in [4.78, 5) is 42.2. The highest BCUT2D eigenvalue weighted by Crippen LogP contribution is 2.35. The standard InChI is InChI=1S/C20H21ClN6O2S2/c1-11-16(15-6-5-13(31-15)9-22-12(2)28)25-20(30-11)26-18(29)17-14(21)10-23-19(24-17)27-7-3-4-8-27/h5-6,10H,3-4,7-9H2,1-2H3,(H,22,28)(H,25,26,29). The van der Waals surface area contributed by atoms with Crippen molar-refractivity contribution in [2.45, 2.75) is 33.2 Å². The number of amides is 2. The van der Waals surface area contributed by atoms with E-state index < -0.39 is 5.91 Å². The van der Waals surface area contributed by atoms with Crippen LogP contribution in [0.3, 0.4) is 0 Å². The van der Waals surface area contributed by atoms with Crippen molar-refractivity contribution in [3.63, 3.8) is 0 Å². The van der Waals surface area contributed by atoms with Gasteiger partial charge in [-0.25, -0.2) is 15.0 Å². The van der Waals surface area contributed by atoms with Crippen LogP contribution in [0.1, 0.15) is 40.0 Å². The number of hydrogen-bond acceptors (Lipinski definition) is 8. The summed E-state index contributed by atoms with van der Waals surface area (Å²) in [6, 6.07) is 3.94. The second-order valence-corrected chi connectivity index (χ2v) is 9.89. The Kier molecular flexibility index (Phi) is 6.49. The van der Waals surface area contributed by atoms with Crippen LogP contribution in [-0.4, -0.2) is 39.9 Å². The van der Waals surface area contributed by atoms with Crippen LogP contribution >= 0.6 is 34.3 Å². The van der Waals surface area contributed by atoms with Crippen LogP contribution in [0.15, 0.2) is 18.3 Å². The second-order valence-electron chi connectivity index (χ2n) is 7.11. The summed E-state index contributed by atoms with van der Waals surface area (Å²) in [5.41, 5.74) is 0.951.